The van der Waals surface area contributed by atoms with E-state index in [-0.39, 0.29) is 0 Å². The van der Waals surface area contributed by atoms with Crippen LogP contribution in [0.4, 0.5) is 0 Å². The predicted octanol–water partition coefficient (Wildman–Crippen LogP) is 3.57. The third-order valence-corrected chi connectivity index (χ3v) is 4.47. The summed E-state index contributed by atoms with van der Waals surface area (Å²) in [5.41, 5.74) is 3.72. The summed E-state index contributed by atoms with van der Waals surface area (Å²) in [6.45, 7) is 0.600. The Kier molecular flexibility index (Phi) is 3.68. The minimum absolute atomic E-state index is 0.464. The Morgan fingerprint density at radius 2 is 2.00 bits per heavy atom. The van der Waals surface area contributed by atoms with E-state index in [0.717, 1.165) is 22.2 Å². The number of aromatic amines is 1. The SMILES string of the molecule is Clc1ccc2c(c1)nc(-c1ncco1)n2Cc1ccc(-c2nn[nH]n2)cc1. The third kappa shape index (κ3) is 2.85. The van der Waals surface area contributed by atoms with Crippen LogP contribution in [0.1, 0.15) is 5.56 Å². The average Bonchev–Trinajstić information content (AvgIpc) is 3.44. The Bertz CT molecular complexity index is 1190. The van der Waals surface area contributed by atoms with Crippen molar-refractivity contribution in [2.45, 2.75) is 6.54 Å². The number of H-pyrrole nitrogens is 1. The number of aromatic nitrogens is 7. The van der Waals surface area contributed by atoms with Gasteiger partial charge in [0.1, 0.15) is 6.26 Å². The normalized spacial score (nSPS) is 11.3. The van der Waals surface area contributed by atoms with E-state index in [1.54, 1.807) is 6.20 Å². The summed E-state index contributed by atoms with van der Waals surface area (Å²) >= 11 is 6.12. The number of tetrazole rings is 1. The predicted molar refractivity (Wildman–Crippen MR) is 99.0 cm³/mol. The van der Waals surface area contributed by atoms with Crippen molar-refractivity contribution >= 4 is 22.6 Å². The van der Waals surface area contributed by atoms with Gasteiger partial charge in [0.15, 0.2) is 5.82 Å². The molecule has 0 atom stereocenters. The van der Waals surface area contributed by atoms with Crippen LogP contribution in [0.25, 0.3) is 34.1 Å². The quantitative estimate of drug-likeness (QED) is 0.514. The summed E-state index contributed by atoms with van der Waals surface area (Å²) in [6.07, 6.45) is 3.14. The Morgan fingerprint density at radius 1 is 1.11 bits per heavy atom. The van der Waals surface area contributed by atoms with Gasteiger partial charge >= 0.3 is 0 Å². The van der Waals surface area contributed by atoms with Crippen LogP contribution in [0.15, 0.2) is 59.3 Å². The molecule has 0 bridgehead atoms. The van der Waals surface area contributed by atoms with Gasteiger partial charge < -0.3 is 8.98 Å². The summed E-state index contributed by atoms with van der Waals surface area (Å²) in [6, 6.07) is 13.6. The number of nitrogens with one attached hydrogen (secondary N) is 1. The van der Waals surface area contributed by atoms with Crippen molar-refractivity contribution < 1.29 is 4.42 Å². The molecule has 0 aliphatic carbocycles. The molecular weight excluding hydrogens is 366 g/mol. The molecule has 3 heterocycles. The minimum atomic E-state index is 0.464. The summed E-state index contributed by atoms with van der Waals surface area (Å²) in [5, 5.41) is 14.7. The van der Waals surface area contributed by atoms with Gasteiger partial charge in [0, 0.05) is 17.1 Å². The van der Waals surface area contributed by atoms with Crippen LogP contribution in [-0.4, -0.2) is 35.2 Å². The standard InChI is InChI=1S/C18H12ClN7O/c19-13-5-6-15-14(9-13)21-17(18-20-7-8-27-18)26(15)10-11-1-3-12(4-2-11)16-22-24-25-23-16/h1-9H,10H2,(H,22,23,24,25). The molecule has 0 fully saturated rings. The number of fused-ring (bicyclic) bond motifs is 1. The second-order valence-corrected chi connectivity index (χ2v) is 6.36. The van der Waals surface area contributed by atoms with Crippen LogP contribution in [0.2, 0.25) is 5.02 Å². The zero-order valence-corrected chi connectivity index (χ0v) is 14.6. The summed E-state index contributed by atoms with van der Waals surface area (Å²) in [5.74, 6) is 1.68. The van der Waals surface area contributed by atoms with E-state index >= 15 is 0 Å². The fourth-order valence-electron chi connectivity index (χ4n) is 2.99. The molecule has 9 heteroatoms. The van der Waals surface area contributed by atoms with E-state index in [0.29, 0.717) is 29.1 Å². The Hall–Kier alpha value is -3.52. The smallest absolute Gasteiger partial charge is 0.263 e. The second-order valence-electron chi connectivity index (χ2n) is 5.92. The third-order valence-electron chi connectivity index (χ3n) is 4.23. The number of rotatable bonds is 4. The summed E-state index contributed by atoms with van der Waals surface area (Å²) in [7, 11) is 0. The molecule has 27 heavy (non-hydrogen) atoms. The van der Waals surface area contributed by atoms with Crippen molar-refractivity contribution in [3.05, 3.63) is 65.5 Å². The van der Waals surface area contributed by atoms with E-state index in [2.05, 4.69) is 35.2 Å². The molecule has 0 unspecified atom stereocenters. The molecule has 2 aromatic carbocycles. The van der Waals surface area contributed by atoms with Gasteiger partial charge in [-0.1, -0.05) is 35.9 Å². The molecule has 5 rings (SSSR count). The van der Waals surface area contributed by atoms with Gasteiger partial charge in [-0.15, -0.1) is 10.2 Å². The van der Waals surface area contributed by atoms with Crippen LogP contribution in [0.3, 0.4) is 0 Å². The van der Waals surface area contributed by atoms with E-state index in [9.17, 15) is 0 Å². The molecule has 5 aromatic rings. The lowest BCUT2D eigenvalue weighted by Crippen LogP contribution is -2.02. The summed E-state index contributed by atoms with van der Waals surface area (Å²) < 4.78 is 7.53. The fraction of sp³-hybridized carbons (Fsp3) is 0.0556. The van der Waals surface area contributed by atoms with E-state index in [1.807, 2.05) is 42.5 Å². The molecule has 8 nitrogen and oxygen atoms in total. The number of hydrogen-bond acceptors (Lipinski definition) is 6. The first-order chi connectivity index (χ1) is 13.3. The van der Waals surface area contributed by atoms with E-state index in [1.165, 1.54) is 6.26 Å². The molecule has 0 saturated heterocycles. The number of halogens is 1. The first-order valence-corrected chi connectivity index (χ1v) is 8.54. The molecule has 0 saturated carbocycles. The fourth-order valence-corrected chi connectivity index (χ4v) is 3.15. The van der Waals surface area contributed by atoms with Gasteiger partial charge in [-0.25, -0.2) is 9.97 Å². The molecule has 3 aromatic heterocycles. The lowest BCUT2D eigenvalue weighted by atomic mass is 10.1. The van der Waals surface area contributed by atoms with Crippen LogP contribution in [0.5, 0.6) is 0 Å². The largest absolute Gasteiger partial charge is 0.442 e. The van der Waals surface area contributed by atoms with Crippen molar-refractivity contribution in [1.82, 2.24) is 35.2 Å². The van der Waals surface area contributed by atoms with Crippen molar-refractivity contribution in [3.63, 3.8) is 0 Å². The summed E-state index contributed by atoms with van der Waals surface area (Å²) in [4.78, 5) is 8.90. The van der Waals surface area contributed by atoms with Gasteiger partial charge in [0.05, 0.1) is 17.2 Å². The van der Waals surface area contributed by atoms with Crippen molar-refractivity contribution in [3.8, 4) is 23.1 Å². The van der Waals surface area contributed by atoms with Gasteiger partial charge in [-0.2, -0.15) is 5.21 Å². The van der Waals surface area contributed by atoms with Gasteiger partial charge in [-0.05, 0) is 29.0 Å². The number of nitrogens with zero attached hydrogens (tertiary/aromatic N) is 6. The lowest BCUT2D eigenvalue weighted by molar-refractivity contribution is 0.564. The highest BCUT2D eigenvalue weighted by atomic mass is 35.5. The maximum atomic E-state index is 6.12. The van der Waals surface area contributed by atoms with Crippen molar-refractivity contribution in [1.29, 1.82) is 0 Å². The number of hydrogen-bond donors (Lipinski definition) is 1. The lowest BCUT2D eigenvalue weighted by Gasteiger charge is -2.08. The maximum Gasteiger partial charge on any atom is 0.263 e. The van der Waals surface area contributed by atoms with Crippen LogP contribution in [-0.2, 0) is 6.54 Å². The maximum absolute atomic E-state index is 6.12. The highest BCUT2D eigenvalue weighted by molar-refractivity contribution is 6.31. The van der Waals surface area contributed by atoms with E-state index < -0.39 is 0 Å². The monoisotopic (exact) mass is 377 g/mol. The molecule has 0 radical (unpaired) electrons. The molecule has 0 aliphatic rings. The number of oxazole rings is 1. The molecule has 1 N–H and O–H groups in total. The molecule has 0 spiro atoms. The molecule has 0 aliphatic heterocycles. The minimum Gasteiger partial charge on any atom is -0.442 e. The van der Waals surface area contributed by atoms with Crippen LogP contribution < -0.4 is 0 Å². The highest BCUT2D eigenvalue weighted by Crippen LogP contribution is 2.27. The Balaban J connectivity index is 1.57. The zero-order chi connectivity index (χ0) is 18.2. The van der Waals surface area contributed by atoms with Gasteiger partial charge in [-0.3, -0.25) is 0 Å². The van der Waals surface area contributed by atoms with Crippen LogP contribution >= 0.6 is 11.6 Å². The van der Waals surface area contributed by atoms with Gasteiger partial charge in [0.25, 0.3) is 5.89 Å². The molecule has 132 valence electrons. The van der Waals surface area contributed by atoms with Crippen LogP contribution in [0, 0.1) is 0 Å². The van der Waals surface area contributed by atoms with E-state index in [4.69, 9.17) is 16.0 Å². The number of benzene rings is 2. The molecular formula is C18H12ClN7O. The topological polar surface area (TPSA) is 98.3 Å². The Labute approximate surface area is 157 Å². The second kappa shape index (κ2) is 6.33. The first kappa shape index (κ1) is 15.7. The van der Waals surface area contributed by atoms with Crippen molar-refractivity contribution in [2.75, 3.05) is 0 Å². The number of imidazole rings is 1. The Morgan fingerprint density at radius 3 is 2.74 bits per heavy atom. The first-order valence-electron chi connectivity index (χ1n) is 8.16. The molecule has 0 amide bonds. The van der Waals surface area contributed by atoms with Gasteiger partial charge in [0.2, 0.25) is 5.82 Å². The zero-order valence-electron chi connectivity index (χ0n) is 13.9. The van der Waals surface area contributed by atoms with Crippen molar-refractivity contribution in [2.24, 2.45) is 0 Å². The average molecular weight is 378 g/mol. The highest BCUT2D eigenvalue weighted by Gasteiger charge is 2.16.